The first kappa shape index (κ1) is 10.8. The summed E-state index contributed by atoms with van der Waals surface area (Å²) in [7, 11) is 1.54. The van der Waals surface area contributed by atoms with Gasteiger partial charge in [0.15, 0.2) is 0 Å². The maximum Gasteiger partial charge on any atom is 0.283 e. The van der Waals surface area contributed by atoms with E-state index < -0.39 is 0 Å². The first-order valence-electron chi connectivity index (χ1n) is 4.14. The minimum absolute atomic E-state index is 0.137. The molecule has 4 nitrogen and oxygen atoms in total. The Labute approximate surface area is 86.4 Å². The fourth-order valence-electron chi connectivity index (χ4n) is 1.04. The molecule has 0 unspecified atom stereocenters. The highest BCUT2D eigenvalue weighted by molar-refractivity contribution is 7.99. The molecule has 0 aliphatic heterocycles. The number of nitro groups is 1. The minimum atomic E-state index is -0.378. The summed E-state index contributed by atoms with van der Waals surface area (Å²) in [6.07, 6.45) is 0. The first-order chi connectivity index (χ1) is 6.69. The zero-order valence-corrected chi connectivity index (χ0v) is 8.84. The van der Waals surface area contributed by atoms with Crippen molar-refractivity contribution in [3.05, 3.63) is 28.3 Å². The van der Waals surface area contributed by atoms with Crippen LogP contribution >= 0.6 is 11.8 Å². The van der Waals surface area contributed by atoms with Gasteiger partial charge in [-0.2, -0.15) is 0 Å². The van der Waals surface area contributed by atoms with Gasteiger partial charge in [0, 0.05) is 12.1 Å². The van der Waals surface area contributed by atoms with E-state index in [4.69, 9.17) is 4.74 Å². The SMILES string of the molecule is CCSc1cc(OC)ccc1[N+](=O)[O-]. The Hall–Kier alpha value is -1.23. The summed E-state index contributed by atoms with van der Waals surface area (Å²) in [5, 5.41) is 10.6. The molecule has 0 fully saturated rings. The number of hydrogen-bond donors (Lipinski definition) is 0. The van der Waals surface area contributed by atoms with Gasteiger partial charge in [-0.1, -0.05) is 6.92 Å². The van der Waals surface area contributed by atoms with Crippen LogP contribution in [0.1, 0.15) is 6.92 Å². The van der Waals surface area contributed by atoms with Gasteiger partial charge >= 0.3 is 0 Å². The molecule has 1 rings (SSSR count). The predicted octanol–water partition coefficient (Wildman–Crippen LogP) is 2.72. The maximum atomic E-state index is 10.6. The molecule has 0 heterocycles. The van der Waals surface area contributed by atoms with Crippen molar-refractivity contribution in [1.29, 1.82) is 0 Å². The summed E-state index contributed by atoms with van der Waals surface area (Å²) in [6, 6.07) is 4.75. The lowest BCUT2D eigenvalue weighted by Gasteiger charge is -2.03. The van der Waals surface area contributed by atoms with Crippen molar-refractivity contribution in [3.63, 3.8) is 0 Å². The lowest BCUT2D eigenvalue weighted by Crippen LogP contribution is -1.92. The smallest absolute Gasteiger partial charge is 0.283 e. The molecular formula is C9H11NO3S. The van der Waals surface area contributed by atoms with Crippen LogP contribution in [0.4, 0.5) is 5.69 Å². The van der Waals surface area contributed by atoms with Crippen LogP contribution in [0.25, 0.3) is 0 Å². The average Bonchev–Trinajstić information content (AvgIpc) is 2.17. The lowest BCUT2D eigenvalue weighted by molar-refractivity contribution is -0.387. The van der Waals surface area contributed by atoms with E-state index in [1.54, 1.807) is 19.2 Å². The van der Waals surface area contributed by atoms with Crippen molar-refractivity contribution in [2.75, 3.05) is 12.9 Å². The van der Waals surface area contributed by atoms with Crippen molar-refractivity contribution < 1.29 is 9.66 Å². The zero-order chi connectivity index (χ0) is 10.6. The maximum absolute atomic E-state index is 10.6. The van der Waals surface area contributed by atoms with Crippen LogP contribution < -0.4 is 4.74 Å². The van der Waals surface area contributed by atoms with E-state index in [2.05, 4.69) is 0 Å². The number of benzene rings is 1. The van der Waals surface area contributed by atoms with Crippen molar-refractivity contribution in [3.8, 4) is 5.75 Å². The van der Waals surface area contributed by atoms with Crippen LogP contribution in [0.3, 0.4) is 0 Å². The quantitative estimate of drug-likeness (QED) is 0.438. The van der Waals surface area contributed by atoms with Crippen LogP contribution in [0.5, 0.6) is 5.75 Å². The van der Waals surface area contributed by atoms with E-state index >= 15 is 0 Å². The molecule has 14 heavy (non-hydrogen) atoms. The molecule has 0 atom stereocenters. The topological polar surface area (TPSA) is 52.4 Å². The largest absolute Gasteiger partial charge is 0.497 e. The molecule has 0 aromatic heterocycles. The standard InChI is InChI=1S/C9H11NO3S/c1-3-14-9-6-7(13-2)4-5-8(9)10(11)12/h4-6H,3H2,1-2H3. The fourth-order valence-corrected chi connectivity index (χ4v) is 1.84. The second-order valence-corrected chi connectivity index (χ2v) is 3.83. The van der Waals surface area contributed by atoms with E-state index in [1.165, 1.54) is 17.8 Å². The molecule has 0 amide bonds. The number of hydrogen-bond acceptors (Lipinski definition) is 4. The Kier molecular flexibility index (Phi) is 3.76. The highest BCUT2D eigenvalue weighted by Crippen LogP contribution is 2.32. The molecule has 0 saturated carbocycles. The van der Waals surface area contributed by atoms with Gasteiger partial charge in [0.2, 0.25) is 0 Å². The summed E-state index contributed by atoms with van der Waals surface area (Å²) in [5.41, 5.74) is 0.137. The van der Waals surface area contributed by atoms with Gasteiger partial charge in [0.05, 0.1) is 16.9 Å². The van der Waals surface area contributed by atoms with Crippen LogP contribution in [0.15, 0.2) is 23.1 Å². The van der Waals surface area contributed by atoms with Crippen LogP contribution in [0.2, 0.25) is 0 Å². The van der Waals surface area contributed by atoms with Crippen LogP contribution in [0, 0.1) is 10.1 Å². The zero-order valence-electron chi connectivity index (χ0n) is 8.02. The number of thioether (sulfide) groups is 1. The average molecular weight is 213 g/mol. The number of rotatable bonds is 4. The van der Waals surface area contributed by atoms with Crippen LogP contribution in [-0.2, 0) is 0 Å². The Bertz CT molecular complexity index is 341. The molecule has 0 radical (unpaired) electrons. The summed E-state index contributed by atoms with van der Waals surface area (Å²) in [6.45, 7) is 1.95. The molecule has 5 heteroatoms. The monoisotopic (exact) mass is 213 g/mol. The minimum Gasteiger partial charge on any atom is -0.497 e. The van der Waals surface area contributed by atoms with Crippen molar-refractivity contribution in [2.24, 2.45) is 0 Å². The summed E-state index contributed by atoms with van der Waals surface area (Å²) >= 11 is 1.44. The Morgan fingerprint density at radius 1 is 1.57 bits per heavy atom. The normalized spacial score (nSPS) is 9.86. The molecule has 0 saturated heterocycles. The van der Waals surface area contributed by atoms with Gasteiger partial charge in [-0.25, -0.2) is 0 Å². The van der Waals surface area contributed by atoms with E-state index in [0.29, 0.717) is 10.6 Å². The Balaban J connectivity index is 3.10. The first-order valence-corrected chi connectivity index (χ1v) is 5.12. The second-order valence-electron chi connectivity index (χ2n) is 2.52. The number of nitrogens with zero attached hydrogens (tertiary/aromatic N) is 1. The molecule has 1 aromatic carbocycles. The second kappa shape index (κ2) is 4.85. The van der Waals surface area contributed by atoms with E-state index in [1.807, 2.05) is 6.92 Å². The molecule has 0 spiro atoms. The highest BCUT2D eigenvalue weighted by atomic mass is 32.2. The Morgan fingerprint density at radius 3 is 2.79 bits per heavy atom. The molecule has 0 N–H and O–H groups in total. The van der Waals surface area contributed by atoms with Gasteiger partial charge in [-0.15, -0.1) is 11.8 Å². The number of nitro benzene ring substituents is 1. The lowest BCUT2D eigenvalue weighted by atomic mass is 10.3. The molecule has 0 aliphatic rings. The molecule has 0 bridgehead atoms. The third-order valence-electron chi connectivity index (χ3n) is 1.66. The van der Waals surface area contributed by atoms with Gasteiger partial charge in [0.1, 0.15) is 5.75 Å². The summed E-state index contributed by atoms with van der Waals surface area (Å²) in [4.78, 5) is 10.9. The number of ether oxygens (including phenoxy) is 1. The van der Waals surface area contributed by atoms with Gasteiger partial charge in [-0.3, -0.25) is 10.1 Å². The van der Waals surface area contributed by atoms with E-state index in [0.717, 1.165) is 5.75 Å². The van der Waals surface area contributed by atoms with Gasteiger partial charge in [-0.05, 0) is 11.8 Å². The number of methoxy groups -OCH3 is 1. The molecule has 76 valence electrons. The molecule has 1 aromatic rings. The van der Waals surface area contributed by atoms with Crippen LogP contribution in [-0.4, -0.2) is 17.8 Å². The van der Waals surface area contributed by atoms with Crippen molar-refractivity contribution >= 4 is 17.4 Å². The molecular weight excluding hydrogens is 202 g/mol. The highest BCUT2D eigenvalue weighted by Gasteiger charge is 2.13. The van der Waals surface area contributed by atoms with Crippen molar-refractivity contribution in [2.45, 2.75) is 11.8 Å². The Morgan fingerprint density at radius 2 is 2.29 bits per heavy atom. The molecule has 0 aliphatic carbocycles. The fraction of sp³-hybridized carbons (Fsp3) is 0.333. The third-order valence-corrected chi connectivity index (χ3v) is 2.59. The van der Waals surface area contributed by atoms with Gasteiger partial charge in [0.25, 0.3) is 5.69 Å². The van der Waals surface area contributed by atoms with Crippen molar-refractivity contribution in [1.82, 2.24) is 0 Å². The summed E-state index contributed by atoms with van der Waals surface area (Å²) < 4.78 is 5.00. The summed E-state index contributed by atoms with van der Waals surface area (Å²) in [5.74, 6) is 1.44. The van der Waals surface area contributed by atoms with Gasteiger partial charge < -0.3 is 4.74 Å². The third kappa shape index (κ3) is 2.38. The van der Waals surface area contributed by atoms with E-state index in [9.17, 15) is 10.1 Å². The van der Waals surface area contributed by atoms with E-state index in [-0.39, 0.29) is 10.6 Å². The predicted molar refractivity (Wildman–Crippen MR) is 56.0 cm³/mol.